The van der Waals surface area contributed by atoms with Gasteiger partial charge in [0.05, 0.1) is 0 Å². The summed E-state index contributed by atoms with van der Waals surface area (Å²) in [7, 11) is 0. The Bertz CT molecular complexity index is 423. The van der Waals surface area contributed by atoms with Crippen LogP contribution in [0.4, 0.5) is 0 Å². The number of aromatic hydroxyl groups is 1. The van der Waals surface area contributed by atoms with Crippen LogP contribution in [0.1, 0.15) is 20.3 Å². The van der Waals surface area contributed by atoms with E-state index in [9.17, 15) is 9.90 Å². The first-order valence-corrected chi connectivity index (χ1v) is 5.41. The molecule has 1 aromatic carbocycles. The normalized spacial score (nSPS) is 13.2. The first kappa shape index (κ1) is 13.1. The maximum Gasteiger partial charge on any atom is 0.331 e. The predicted octanol–water partition coefficient (Wildman–Crippen LogP) is 2.58. The van der Waals surface area contributed by atoms with Crippen molar-refractivity contribution in [3.05, 3.63) is 35.9 Å². The van der Waals surface area contributed by atoms with Crippen molar-refractivity contribution >= 4 is 5.97 Å². The molecule has 1 atom stereocenters. The highest BCUT2D eigenvalue weighted by molar-refractivity contribution is 5.85. The number of aliphatic carboxylic acids is 1. The fourth-order valence-electron chi connectivity index (χ4n) is 1.31. The Morgan fingerprint density at radius 3 is 2.65 bits per heavy atom. The third-order valence-electron chi connectivity index (χ3n) is 2.32. The van der Waals surface area contributed by atoms with Gasteiger partial charge in [0.1, 0.15) is 6.10 Å². The number of phenols is 1. The molecule has 1 unspecified atom stereocenters. The average molecular weight is 236 g/mol. The lowest BCUT2D eigenvalue weighted by molar-refractivity contribution is -0.132. The molecule has 0 aliphatic heterocycles. The van der Waals surface area contributed by atoms with E-state index in [2.05, 4.69) is 0 Å². The van der Waals surface area contributed by atoms with Crippen LogP contribution in [0.25, 0.3) is 0 Å². The summed E-state index contributed by atoms with van der Waals surface area (Å²) in [5.41, 5.74) is 0.229. The molecule has 0 aliphatic carbocycles. The molecule has 0 amide bonds. The standard InChI is InChI=1S/C13H16O4/c1-3-10(8-9(2)13(15)16)17-12-7-5-4-6-11(12)14/h4-8,10,14H,3H2,1-2H3,(H,15,16). The summed E-state index contributed by atoms with van der Waals surface area (Å²) >= 11 is 0. The van der Waals surface area contributed by atoms with Crippen LogP contribution in [-0.2, 0) is 4.79 Å². The number of hydrogen-bond donors (Lipinski definition) is 2. The molecule has 0 spiro atoms. The lowest BCUT2D eigenvalue weighted by Gasteiger charge is -2.15. The van der Waals surface area contributed by atoms with Crippen LogP contribution >= 0.6 is 0 Å². The number of rotatable bonds is 5. The van der Waals surface area contributed by atoms with Crippen molar-refractivity contribution in [1.82, 2.24) is 0 Å². The molecule has 0 radical (unpaired) electrons. The Morgan fingerprint density at radius 2 is 2.12 bits per heavy atom. The van der Waals surface area contributed by atoms with Crippen molar-refractivity contribution in [3.63, 3.8) is 0 Å². The molecule has 0 bridgehead atoms. The smallest absolute Gasteiger partial charge is 0.331 e. The molecule has 17 heavy (non-hydrogen) atoms. The molecule has 0 fully saturated rings. The van der Waals surface area contributed by atoms with Crippen LogP contribution in [0.2, 0.25) is 0 Å². The predicted molar refractivity (Wildman–Crippen MR) is 64.2 cm³/mol. The van der Waals surface area contributed by atoms with Gasteiger partial charge in [0, 0.05) is 5.57 Å². The van der Waals surface area contributed by atoms with Gasteiger partial charge in [-0.3, -0.25) is 0 Å². The molecular weight excluding hydrogens is 220 g/mol. The Morgan fingerprint density at radius 1 is 1.47 bits per heavy atom. The Hall–Kier alpha value is -1.97. The van der Waals surface area contributed by atoms with Crippen LogP contribution in [0, 0.1) is 0 Å². The van der Waals surface area contributed by atoms with Crippen molar-refractivity contribution in [2.45, 2.75) is 26.4 Å². The number of benzene rings is 1. The molecule has 0 aliphatic rings. The van der Waals surface area contributed by atoms with Crippen LogP contribution < -0.4 is 4.74 Å². The van der Waals surface area contributed by atoms with Crippen LogP contribution in [0.3, 0.4) is 0 Å². The molecule has 4 heteroatoms. The Labute approximate surface area is 100 Å². The van der Waals surface area contributed by atoms with Crippen LogP contribution in [-0.4, -0.2) is 22.3 Å². The van der Waals surface area contributed by atoms with Gasteiger partial charge in [-0.15, -0.1) is 0 Å². The minimum atomic E-state index is -0.968. The minimum Gasteiger partial charge on any atom is -0.504 e. The number of hydrogen-bond acceptors (Lipinski definition) is 3. The van der Waals surface area contributed by atoms with Gasteiger partial charge in [-0.25, -0.2) is 4.79 Å². The number of carboxylic acids is 1. The summed E-state index contributed by atoms with van der Waals surface area (Å²) < 4.78 is 5.53. The topological polar surface area (TPSA) is 66.8 Å². The number of carbonyl (C=O) groups is 1. The fourth-order valence-corrected chi connectivity index (χ4v) is 1.31. The van der Waals surface area contributed by atoms with E-state index in [1.807, 2.05) is 6.92 Å². The van der Waals surface area contributed by atoms with E-state index in [-0.39, 0.29) is 17.4 Å². The van der Waals surface area contributed by atoms with Gasteiger partial charge in [0.2, 0.25) is 0 Å². The lowest BCUT2D eigenvalue weighted by atomic mass is 10.2. The molecule has 1 aromatic rings. The monoisotopic (exact) mass is 236 g/mol. The van der Waals surface area contributed by atoms with E-state index in [1.54, 1.807) is 18.2 Å². The highest BCUT2D eigenvalue weighted by Crippen LogP contribution is 2.26. The van der Waals surface area contributed by atoms with Crippen LogP contribution in [0.15, 0.2) is 35.9 Å². The summed E-state index contributed by atoms with van der Waals surface area (Å²) in [4.78, 5) is 10.7. The molecule has 1 rings (SSSR count). The first-order chi connectivity index (χ1) is 8.04. The highest BCUT2D eigenvalue weighted by atomic mass is 16.5. The van der Waals surface area contributed by atoms with Gasteiger partial charge in [-0.05, 0) is 31.6 Å². The molecule has 0 saturated carbocycles. The maximum atomic E-state index is 10.7. The quantitative estimate of drug-likeness (QED) is 0.771. The highest BCUT2D eigenvalue weighted by Gasteiger charge is 2.10. The zero-order valence-electron chi connectivity index (χ0n) is 9.88. The van der Waals surface area contributed by atoms with E-state index in [0.717, 1.165) is 0 Å². The molecule has 2 N–H and O–H groups in total. The molecular formula is C13H16O4. The summed E-state index contributed by atoms with van der Waals surface area (Å²) in [5.74, 6) is -0.564. The van der Waals surface area contributed by atoms with Gasteiger partial charge in [-0.2, -0.15) is 0 Å². The Kier molecular flexibility index (Phi) is 4.57. The van der Waals surface area contributed by atoms with Gasteiger partial charge in [-0.1, -0.05) is 19.1 Å². The van der Waals surface area contributed by atoms with Crippen molar-refractivity contribution in [2.24, 2.45) is 0 Å². The molecule has 0 aromatic heterocycles. The summed E-state index contributed by atoms with van der Waals surface area (Å²) in [5, 5.41) is 18.3. The average Bonchev–Trinajstić information content (AvgIpc) is 2.30. The number of carboxylic acid groups (broad SMARTS) is 1. The van der Waals surface area contributed by atoms with Crippen molar-refractivity contribution in [1.29, 1.82) is 0 Å². The van der Waals surface area contributed by atoms with E-state index < -0.39 is 5.97 Å². The summed E-state index contributed by atoms with van der Waals surface area (Å²) in [6, 6.07) is 6.61. The van der Waals surface area contributed by atoms with Gasteiger partial charge in [0.15, 0.2) is 11.5 Å². The first-order valence-electron chi connectivity index (χ1n) is 5.41. The molecule has 0 saturated heterocycles. The largest absolute Gasteiger partial charge is 0.504 e. The minimum absolute atomic E-state index is 0.0485. The SMILES string of the molecule is CCC(C=C(C)C(=O)O)Oc1ccccc1O. The molecule has 0 heterocycles. The number of para-hydroxylation sites is 2. The van der Waals surface area contributed by atoms with E-state index >= 15 is 0 Å². The fraction of sp³-hybridized carbons (Fsp3) is 0.308. The van der Waals surface area contributed by atoms with Crippen molar-refractivity contribution in [2.75, 3.05) is 0 Å². The van der Waals surface area contributed by atoms with Crippen molar-refractivity contribution < 1.29 is 19.7 Å². The van der Waals surface area contributed by atoms with Gasteiger partial charge in [0.25, 0.3) is 0 Å². The zero-order valence-corrected chi connectivity index (χ0v) is 9.88. The van der Waals surface area contributed by atoms with E-state index in [0.29, 0.717) is 12.2 Å². The van der Waals surface area contributed by atoms with Gasteiger partial charge < -0.3 is 14.9 Å². The van der Waals surface area contributed by atoms with Crippen LogP contribution in [0.5, 0.6) is 11.5 Å². The maximum absolute atomic E-state index is 10.7. The van der Waals surface area contributed by atoms with E-state index in [4.69, 9.17) is 9.84 Å². The third kappa shape index (κ3) is 3.83. The van der Waals surface area contributed by atoms with E-state index in [1.165, 1.54) is 19.1 Å². The second-order valence-electron chi connectivity index (χ2n) is 3.69. The lowest BCUT2D eigenvalue weighted by Crippen LogP contribution is -2.14. The second kappa shape index (κ2) is 5.94. The van der Waals surface area contributed by atoms with Crippen molar-refractivity contribution in [3.8, 4) is 11.5 Å². The molecule has 92 valence electrons. The number of ether oxygens (including phenoxy) is 1. The van der Waals surface area contributed by atoms with Gasteiger partial charge >= 0.3 is 5.97 Å². The second-order valence-corrected chi connectivity index (χ2v) is 3.69. The summed E-state index contributed by atoms with van der Waals surface area (Å²) in [6.07, 6.45) is 1.80. The molecule has 4 nitrogen and oxygen atoms in total. The third-order valence-corrected chi connectivity index (χ3v) is 2.32. The number of phenolic OH excluding ortho intramolecular Hbond substituents is 1. The summed E-state index contributed by atoms with van der Waals surface area (Å²) in [6.45, 7) is 3.40. The Balaban J connectivity index is 2.81. The zero-order chi connectivity index (χ0) is 12.8.